The molecule has 0 fully saturated rings. The van der Waals surface area contributed by atoms with Crippen molar-refractivity contribution < 1.29 is 12.8 Å². The molecule has 7 heteroatoms. The van der Waals surface area contributed by atoms with Crippen LogP contribution < -0.4 is 5.73 Å². The Labute approximate surface area is 116 Å². The van der Waals surface area contributed by atoms with Crippen LogP contribution in [0, 0.1) is 5.82 Å². The van der Waals surface area contributed by atoms with Crippen LogP contribution in [0.1, 0.15) is 4.88 Å². The highest BCUT2D eigenvalue weighted by Crippen LogP contribution is 2.29. The number of rotatable bonds is 3. The van der Waals surface area contributed by atoms with Gasteiger partial charge in [-0.3, -0.25) is 0 Å². The molecule has 0 radical (unpaired) electrons. The summed E-state index contributed by atoms with van der Waals surface area (Å²) in [5.41, 5.74) is 5.48. The summed E-state index contributed by atoms with van der Waals surface area (Å²) in [5.74, 6) is -0.704. The van der Waals surface area contributed by atoms with Gasteiger partial charge in [0.05, 0.1) is 16.3 Å². The summed E-state index contributed by atoms with van der Waals surface area (Å²) >= 11 is 4.62. The average Bonchev–Trinajstić information content (AvgIpc) is 2.63. The maximum Gasteiger partial charge on any atom is 0.185 e. The first-order chi connectivity index (χ1) is 8.40. The molecule has 0 unspecified atom stereocenters. The highest BCUT2D eigenvalue weighted by Gasteiger charge is 2.20. The molecule has 0 saturated carbocycles. The lowest BCUT2D eigenvalue weighted by Crippen LogP contribution is -2.07. The van der Waals surface area contributed by atoms with E-state index in [4.69, 9.17) is 5.73 Å². The second-order valence-electron chi connectivity index (χ2n) is 3.63. The Bertz CT molecular complexity index is 682. The minimum absolute atomic E-state index is 0.0378. The molecule has 96 valence electrons. The van der Waals surface area contributed by atoms with Crippen molar-refractivity contribution in [1.29, 1.82) is 0 Å². The number of hydrogen-bond acceptors (Lipinski definition) is 4. The Kier molecular flexibility index (Phi) is 3.74. The first kappa shape index (κ1) is 13.5. The summed E-state index contributed by atoms with van der Waals surface area (Å²) in [6, 6.07) is 5.08. The van der Waals surface area contributed by atoms with E-state index in [2.05, 4.69) is 15.9 Å². The lowest BCUT2D eigenvalue weighted by Gasteiger charge is -2.06. The van der Waals surface area contributed by atoms with Crippen LogP contribution in [0.5, 0.6) is 0 Å². The molecule has 1 heterocycles. The monoisotopic (exact) mass is 349 g/mol. The molecule has 0 saturated heterocycles. The minimum atomic E-state index is -3.56. The largest absolute Gasteiger partial charge is 0.398 e. The molecule has 0 aliphatic rings. The van der Waals surface area contributed by atoms with Crippen molar-refractivity contribution >= 4 is 42.8 Å². The molecule has 3 nitrogen and oxygen atoms in total. The minimum Gasteiger partial charge on any atom is -0.398 e. The molecular formula is C11H9BrFNO2S2. The standard InChI is InChI=1S/C11H9BrFNO2S2/c12-8-3-4-17-10(8)6-18(15,16)11-2-1-7(13)5-9(11)14/h1-5H,6,14H2. The van der Waals surface area contributed by atoms with E-state index in [1.54, 1.807) is 11.4 Å². The molecule has 2 aromatic rings. The van der Waals surface area contributed by atoms with E-state index >= 15 is 0 Å². The van der Waals surface area contributed by atoms with E-state index < -0.39 is 15.7 Å². The Hall–Kier alpha value is -0.920. The highest BCUT2D eigenvalue weighted by atomic mass is 79.9. The molecule has 0 aliphatic heterocycles. The van der Waals surface area contributed by atoms with Crippen LogP contribution in [0.25, 0.3) is 0 Å². The Morgan fingerprint density at radius 3 is 2.61 bits per heavy atom. The van der Waals surface area contributed by atoms with Gasteiger partial charge >= 0.3 is 0 Å². The third-order valence-corrected chi connectivity index (χ3v) is 6.14. The Morgan fingerprint density at radius 2 is 2.06 bits per heavy atom. The maximum atomic E-state index is 12.9. The van der Waals surface area contributed by atoms with E-state index in [0.717, 1.165) is 16.6 Å². The SMILES string of the molecule is Nc1cc(F)ccc1S(=O)(=O)Cc1sccc1Br. The van der Waals surface area contributed by atoms with Gasteiger partial charge in [-0.1, -0.05) is 0 Å². The summed E-state index contributed by atoms with van der Waals surface area (Å²) in [6.07, 6.45) is 0. The third kappa shape index (κ3) is 2.73. The van der Waals surface area contributed by atoms with Gasteiger partial charge < -0.3 is 5.73 Å². The van der Waals surface area contributed by atoms with Gasteiger partial charge in [0.25, 0.3) is 0 Å². The highest BCUT2D eigenvalue weighted by molar-refractivity contribution is 9.10. The summed E-state index contributed by atoms with van der Waals surface area (Å²) < 4.78 is 38.0. The predicted octanol–water partition coefficient (Wildman–Crippen LogP) is 3.21. The Morgan fingerprint density at radius 1 is 1.33 bits per heavy atom. The van der Waals surface area contributed by atoms with Crippen LogP contribution in [0.3, 0.4) is 0 Å². The van der Waals surface area contributed by atoms with E-state index in [-0.39, 0.29) is 16.3 Å². The topological polar surface area (TPSA) is 60.2 Å². The number of halogens is 2. The zero-order chi connectivity index (χ0) is 13.3. The Balaban J connectivity index is 2.40. The molecule has 18 heavy (non-hydrogen) atoms. The molecule has 2 rings (SSSR count). The predicted molar refractivity (Wildman–Crippen MR) is 73.7 cm³/mol. The molecule has 2 N–H and O–H groups in total. The van der Waals surface area contributed by atoms with Crippen LogP contribution in [0.4, 0.5) is 10.1 Å². The summed E-state index contributed by atoms with van der Waals surface area (Å²) in [6.45, 7) is 0. The molecule has 0 atom stereocenters. The zero-order valence-corrected chi connectivity index (χ0v) is 12.3. The van der Waals surface area contributed by atoms with Gasteiger partial charge in [0, 0.05) is 9.35 Å². The van der Waals surface area contributed by atoms with E-state index in [1.165, 1.54) is 17.4 Å². The van der Waals surface area contributed by atoms with Crippen molar-refractivity contribution in [3.8, 4) is 0 Å². The van der Waals surface area contributed by atoms with Crippen molar-refractivity contribution in [3.05, 3.63) is 44.8 Å². The quantitative estimate of drug-likeness (QED) is 0.683. The first-order valence-corrected chi connectivity index (χ1v) is 8.22. The summed E-state index contributed by atoms with van der Waals surface area (Å²) in [5, 5.41) is 1.79. The smallest absolute Gasteiger partial charge is 0.185 e. The van der Waals surface area contributed by atoms with Crippen molar-refractivity contribution in [2.45, 2.75) is 10.6 Å². The number of anilines is 1. The molecule has 1 aromatic heterocycles. The normalized spacial score (nSPS) is 11.7. The van der Waals surface area contributed by atoms with Gasteiger partial charge in [-0.25, -0.2) is 12.8 Å². The second-order valence-corrected chi connectivity index (χ2v) is 7.45. The number of sulfone groups is 1. The van der Waals surface area contributed by atoms with Crippen LogP contribution in [0.15, 0.2) is 39.0 Å². The van der Waals surface area contributed by atoms with E-state index in [0.29, 0.717) is 4.88 Å². The molecular weight excluding hydrogens is 341 g/mol. The average molecular weight is 350 g/mol. The number of thiophene rings is 1. The van der Waals surface area contributed by atoms with Crippen LogP contribution >= 0.6 is 27.3 Å². The fourth-order valence-corrected chi connectivity index (χ4v) is 5.03. The van der Waals surface area contributed by atoms with Crippen molar-refractivity contribution in [2.75, 3.05) is 5.73 Å². The third-order valence-electron chi connectivity index (χ3n) is 2.32. The van der Waals surface area contributed by atoms with Crippen molar-refractivity contribution in [3.63, 3.8) is 0 Å². The lowest BCUT2D eigenvalue weighted by molar-refractivity contribution is 0.595. The summed E-state index contributed by atoms with van der Waals surface area (Å²) in [4.78, 5) is 0.655. The van der Waals surface area contributed by atoms with E-state index in [1.807, 2.05) is 0 Å². The molecule has 0 amide bonds. The fourth-order valence-electron chi connectivity index (χ4n) is 1.48. The molecule has 0 spiro atoms. The second kappa shape index (κ2) is 4.99. The fraction of sp³-hybridized carbons (Fsp3) is 0.0909. The molecule has 1 aromatic carbocycles. The number of nitrogen functional groups attached to an aromatic ring is 1. The lowest BCUT2D eigenvalue weighted by atomic mass is 10.3. The molecule has 0 aliphatic carbocycles. The van der Waals surface area contributed by atoms with Crippen LogP contribution in [-0.4, -0.2) is 8.42 Å². The first-order valence-electron chi connectivity index (χ1n) is 4.90. The van der Waals surface area contributed by atoms with Crippen molar-refractivity contribution in [1.82, 2.24) is 0 Å². The van der Waals surface area contributed by atoms with Gasteiger partial charge in [-0.05, 0) is 45.6 Å². The van der Waals surface area contributed by atoms with Gasteiger partial charge in [0.1, 0.15) is 5.82 Å². The van der Waals surface area contributed by atoms with Gasteiger partial charge in [0.2, 0.25) is 0 Å². The summed E-state index contributed by atoms with van der Waals surface area (Å²) in [7, 11) is -3.56. The van der Waals surface area contributed by atoms with Crippen molar-refractivity contribution in [2.24, 2.45) is 0 Å². The maximum absolute atomic E-state index is 12.9. The number of hydrogen-bond donors (Lipinski definition) is 1. The number of nitrogens with two attached hydrogens (primary N) is 1. The number of benzene rings is 1. The molecule has 0 bridgehead atoms. The van der Waals surface area contributed by atoms with Gasteiger partial charge in [0.15, 0.2) is 9.84 Å². The van der Waals surface area contributed by atoms with Gasteiger partial charge in [-0.15, -0.1) is 11.3 Å². The van der Waals surface area contributed by atoms with E-state index in [9.17, 15) is 12.8 Å². The van der Waals surface area contributed by atoms with Crippen LogP contribution in [0.2, 0.25) is 0 Å². The zero-order valence-electron chi connectivity index (χ0n) is 9.06. The van der Waals surface area contributed by atoms with Crippen LogP contribution in [-0.2, 0) is 15.6 Å². The van der Waals surface area contributed by atoms with Gasteiger partial charge in [-0.2, -0.15) is 0 Å².